The first-order chi connectivity index (χ1) is 14.7. The maximum atomic E-state index is 12.5. The highest BCUT2D eigenvalue weighted by molar-refractivity contribution is 7.12. The third kappa shape index (κ3) is 4.92. The van der Waals surface area contributed by atoms with Gasteiger partial charge in [0.15, 0.2) is 6.61 Å². The van der Waals surface area contributed by atoms with Crippen LogP contribution in [0.1, 0.15) is 11.8 Å². The van der Waals surface area contributed by atoms with Gasteiger partial charge >= 0.3 is 0 Å². The highest BCUT2D eigenvalue weighted by Gasteiger charge is 2.25. The Morgan fingerprint density at radius 2 is 2.20 bits per heavy atom. The molecule has 0 radical (unpaired) electrons. The number of oxime groups is 1. The van der Waals surface area contributed by atoms with Crippen molar-refractivity contribution in [2.75, 3.05) is 32.9 Å². The summed E-state index contributed by atoms with van der Waals surface area (Å²) in [6.07, 6.45) is 1.23. The molecule has 1 amide bonds. The zero-order valence-electron chi connectivity index (χ0n) is 16.6. The first-order valence-corrected chi connectivity index (χ1v) is 10.5. The summed E-state index contributed by atoms with van der Waals surface area (Å²) in [5.41, 5.74) is 1.57. The molecule has 9 heteroatoms. The van der Waals surface area contributed by atoms with Gasteiger partial charge in [-0.25, -0.2) is 9.97 Å². The lowest BCUT2D eigenvalue weighted by Gasteiger charge is -2.32. The summed E-state index contributed by atoms with van der Waals surface area (Å²) in [6.45, 7) is 3.44. The van der Waals surface area contributed by atoms with Gasteiger partial charge < -0.3 is 19.2 Å². The van der Waals surface area contributed by atoms with Crippen LogP contribution < -0.4 is 4.74 Å². The lowest BCUT2D eigenvalue weighted by atomic mass is 10.2. The van der Waals surface area contributed by atoms with E-state index in [0.717, 1.165) is 21.5 Å². The van der Waals surface area contributed by atoms with Gasteiger partial charge in [-0.05, 0) is 30.5 Å². The van der Waals surface area contributed by atoms with Crippen LogP contribution in [0.5, 0.6) is 5.88 Å². The molecule has 1 aliphatic heterocycles. The molecule has 1 atom stereocenters. The Bertz CT molecular complexity index is 1020. The third-order valence-corrected chi connectivity index (χ3v) is 5.65. The predicted molar refractivity (Wildman–Crippen MR) is 114 cm³/mol. The number of hydrogen-bond donors (Lipinski definition) is 0. The highest BCUT2D eigenvalue weighted by atomic mass is 32.1. The van der Waals surface area contributed by atoms with Crippen molar-refractivity contribution in [3.63, 3.8) is 0 Å². The second kappa shape index (κ2) is 9.64. The van der Waals surface area contributed by atoms with Crippen LogP contribution in [0.2, 0.25) is 0 Å². The van der Waals surface area contributed by atoms with Crippen LogP contribution in [-0.4, -0.2) is 65.5 Å². The molecule has 1 unspecified atom stereocenters. The fourth-order valence-electron chi connectivity index (χ4n) is 3.12. The number of benzene rings is 1. The van der Waals surface area contributed by atoms with Crippen molar-refractivity contribution in [2.24, 2.45) is 5.16 Å². The van der Waals surface area contributed by atoms with E-state index in [1.54, 1.807) is 16.2 Å². The van der Waals surface area contributed by atoms with Crippen LogP contribution in [0.3, 0.4) is 0 Å². The molecule has 156 valence electrons. The minimum absolute atomic E-state index is 0.104. The number of para-hydroxylation sites is 1. The zero-order chi connectivity index (χ0) is 20.8. The van der Waals surface area contributed by atoms with Gasteiger partial charge in [0.1, 0.15) is 19.0 Å². The number of morpholine rings is 1. The number of aromatic nitrogens is 2. The van der Waals surface area contributed by atoms with Crippen LogP contribution in [0, 0.1) is 0 Å². The van der Waals surface area contributed by atoms with Crippen molar-refractivity contribution in [3.8, 4) is 5.88 Å². The van der Waals surface area contributed by atoms with E-state index in [9.17, 15) is 4.79 Å². The SMILES string of the molecule is CC(=NOCC(=O)N1CCOC(COc2ncnc3ccccc23)C1)c1cccs1. The predicted octanol–water partition coefficient (Wildman–Crippen LogP) is 2.74. The molecule has 1 aliphatic rings. The number of rotatable bonds is 7. The van der Waals surface area contributed by atoms with Crippen LogP contribution >= 0.6 is 11.3 Å². The van der Waals surface area contributed by atoms with Gasteiger partial charge in [-0.2, -0.15) is 0 Å². The Morgan fingerprint density at radius 3 is 3.07 bits per heavy atom. The van der Waals surface area contributed by atoms with E-state index >= 15 is 0 Å². The molecule has 0 saturated carbocycles. The van der Waals surface area contributed by atoms with Crippen LogP contribution in [-0.2, 0) is 14.4 Å². The summed E-state index contributed by atoms with van der Waals surface area (Å²) >= 11 is 1.58. The maximum Gasteiger partial charge on any atom is 0.263 e. The van der Waals surface area contributed by atoms with Crippen LogP contribution in [0.25, 0.3) is 10.9 Å². The second-order valence-corrected chi connectivity index (χ2v) is 7.71. The molecule has 3 heterocycles. The summed E-state index contributed by atoms with van der Waals surface area (Å²) in [4.78, 5) is 28.9. The second-order valence-electron chi connectivity index (χ2n) is 6.77. The minimum atomic E-state index is -0.243. The first-order valence-electron chi connectivity index (χ1n) is 9.63. The average Bonchev–Trinajstić information content (AvgIpc) is 3.33. The Kier molecular flexibility index (Phi) is 6.50. The standard InChI is InChI=1S/C21H22N4O4S/c1-15(19-7-4-10-30-19)24-29-13-20(26)25-8-9-27-16(11-25)12-28-21-17-5-2-3-6-18(17)22-14-23-21/h2-7,10,14,16H,8-9,11-13H2,1H3. The van der Waals surface area contributed by atoms with Crippen molar-refractivity contribution in [1.29, 1.82) is 0 Å². The van der Waals surface area contributed by atoms with E-state index in [-0.39, 0.29) is 18.6 Å². The van der Waals surface area contributed by atoms with Crippen molar-refractivity contribution in [2.45, 2.75) is 13.0 Å². The van der Waals surface area contributed by atoms with E-state index in [2.05, 4.69) is 15.1 Å². The summed E-state index contributed by atoms with van der Waals surface area (Å²) in [6, 6.07) is 11.6. The normalized spacial score (nSPS) is 17.2. The number of hydrogen-bond acceptors (Lipinski definition) is 8. The Labute approximate surface area is 178 Å². The fourth-order valence-corrected chi connectivity index (χ4v) is 3.79. The summed E-state index contributed by atoms with van der Waals surface area (Å²) < 4.78 is 11.6. The zero-order valence-corrected chi connectivity index (χ0v) is 17.4. The minimum Gasteiger partial charge on any atom is -0.474 e. The van der Waals surface area contributed by atoms with Crippen molar-refractivity contribution in [3.05, 3.63) is 53.0 Å². The molecule has 0 spiro atoms. The van der Waals surface area contributed by atoms with E-state index in [4.69, 9.17) is 14.3 Å². The number of carbonyl (C=O) groups is 1. The van der Waals surface area contributed by atoms with Gasteiger partial charge in [0, 0.05) is 6.54 Å². The Hall–Kier alpha value is -3.04. The van der Waals surface area contributed by atoms with Crippen molar-refractivity contribution >= 4 is 33.9 Å². The van der Waals surface area contributed by atoms with Gasteiger partial charge in [-0.3, -0.25) is 4.79 Å². The quantitative estimate of drug-likeness (QED) is 0.427. The van der Waals surface area contributed by atoms with E-state index in [0.29, 0.717) is 32.2 Å². The monoisotopic (exact) mass is 426 g/mol. The van der Waals surface area contributed by atoms with Gasteiger partial charge in [0.05, 0.1) is 34.6 Å². The molecule has 0 N–H and O–H groups in total. The molecule has 0 bridgehead atoms. The lowest BCUT2D eigenvalue weighted by molar-refractivity contribution is -0.144. The largest absolute Gasteiger partial charge is 0.474 e. The Balaban J connectivity index is 1.28. The van der Waals surface area contributed by atoms with E-state index < -0.39 is 0 Å². The Morgan fingerprint density at radius 1 is 1.30 bits per heavy atom. The molecule has 3 aromatic rings. The van der Waals surface area contributed by atoms with E-state index in [1.807, 2.05) is 48.7 Å². The van der Waals surface area contributed by atoms with E-state index in [1.165, 1.54) is 6.33 Å². The van der Waals surface area contributed by atoms with Crippen LogP contribution in [0.4, 0.5) is 0 Å². The third-order valence-electron chi connectivity index (χ3n) is 4.67. The molecular weight excluding hydrogens is 404 g/mol. The lowest BCUT2D eigenvalue weighted by Crippen LogP contribution is -2.48. The van der Waals surface area contributed by atoms with Crippen LogP contribution in [0.15, 0.2) is 53.3 Å². The number of ether oxygens (including phenoxy) is 2. The first kappa shape index (κ1) is 20.2. The van der Waals surface area contributed by atoms with Gasteiger partial charge in [0.2, 0.25) is 5.88 Å². The number of thiophene rings is 1. The molecule has 2 aromatic heterocycles. The smallest absolute Gasteiger partial charge is 0.263 e. The maximum absolute atomic E-state index is 12.5. The molecule has 0 aliphatic carbocycles. The van der Waals surface area contributed by atoms with Gasteiger partial charge in [-0.15, -0.1) is 11.3 Å². The topological polar surface area (TPSA) is 86.1 Å². The number of carbonyl (C=O) groups excluding carboxylic acids is 1. The molecule has 4 rings (SSSR count). The summed E-state index contributed by atoms with van der Waals surface area (Å²) in [5, 5.41) is 6.85. The highest BCUT2D eigenvalue weighted by Crippen LogP contribution is 2.21. The molecule has 1 fully saturated rings. The summed E-state index contributed by atoms with van der Waals surface area (Å²) in [5.74, 6) is 0.382. The molecular formula is C21H22N4O4S. The molecule has 1 saturated heterocycles. The van der Waals surface area contributed by atoms with Gasteiger partial charge in [-0.1, -0.05) is 23.4 Å². The molecule has 30 heavy (non-hydrogen) atoms. The average molecular weight is 426 g/mol. The number of amides is 1. The molecule has 1 aromatic carbocycles. The van der Waals surface area contributed by atoms with Crippen molar-refractivity contribution < 1.29 is 19.1 Å². The van der Waals surface area contributed by atoms with Crippen molar-refractivity contribution in [1.82, 2.24) is 14.9 Å². The molecule has 8 nitrogen and oxygen atoms in total. The fraction of sp³-hybridized carbons (Fsp3) is 0.333. The number of fused-ring (bicyclic) bond motifs is 1. The van der Waals surface area contributed by atoms with Gasteiger partial charge in [0.25, 0.3) is 5.91 Å². The summed E-state index contributed by atoms with van der Waals surface area (Å²) in [7, 11) is 0. The number of nitrogens with zero attached hydrogens (tertiary/aromatic N) is 4.